The molecule has 0 bridgehead atoms. The van der Waals surface area contributed by atoms with Crippen LogP contribution in [0, 0.1) is 0 Å². The highest BCUT2D eigenvalue weighted by atomic mass is 32.1. The number of nitrogens with zero attached hydrogens (tertiary/aromatic N) is 2. The number of hydrogen-bond acceptors (Lipinski definition) is 3. The molecule has 2 N–H and O–H groups in total. The Labute approximate surface area is 127 Å². The van der Waals surface area contributed by atoms with E-state index >= 15 is 0 Å². The van der Waals surface area contributed by atoms with Crippen molar-refractivity contribution >= 4 is 17.2 Å². The van der Waals surface area contributed by atoms with E-state index in [-0.39, 0.29) is 5.92 Å². The van der Waals surface area contributed by atoms with E-state index in [1.807, 2.05) is 6.07 Å². The fraction of sp³-hybridized carbons (Fsp3) is 0.562. The van der Waals surface area contributed by atoms with Crippen molar-refractivity contribution < 1.29 is 0 Å². The maximum Gasteiger partial charge on any atom is 0.0816 e. The first-order chi connectivity index (χ1) is 9.58. The summed E-state index contributed by atoms with van der Waals surface area (Å²) >= 11 is 5.29. The molecule has 1 fully saturated rings. The maximum absolute atomic E-state index is 5.97. The number of benzene rings is 1. The van der Waals surface area contributed by atoms with Gasteiger partial charge in [0.05, 0.1) is 4.99 Å². The van der Waals surface area contributed by atoms with Crippen molar-refractivity contribution in [2.45, 2.75) is 24.8 Å². The molecule has 0 aromatic heterocycles. The van der Waals surface area contributed by atoms with Crippen molar-refractivity contribution in [2.24, 2.45) is 5.73 Å². The van der Waals surface area contributed by atoms with E-state index in [2.05, 4.69) is 48.2 Å². The Morgan fingerprint density at radius 3 is 2.70 bits per heavy atom. The SMILES string of the molecule is CN(C)C1CCCN(CC(C(N)=S)c2ccccc2)C1. The molecule has 2 unspecified atom stereocenters. The summed E-state index contributed by atoms with van der Waals surface area (Å²) in [5.74, 6) is 0.159. The zero-order chi connectivity index (χ0) is 14.5. The number of rotatable bonds is 5. The molecule has 110 valence electrons. The third-order valence-electron chi connectivity index (χ3n) is 4.20. The zero-order valence-corrected chi connectivity index (χ0v) is 13.3. The van der Waals surface area contributed by atoms with Gasteiger partial charge >= 0.3 is 0 Å². The molecule has 1 aliphatic rings. The van der Waals surface area contributed by atoms with Crippen LogP contribution in [0.3, 0.4) is 0 Å². The van der Waals surface area contributed by atoms with Gasteiger partial charge in [0.25, 0.3) is 0 Å². The molecular formula is C16H25N3S. The van der Waals surface area contributed by atoms with Crippen LogP contribution in [0.25, 0.3) is 0 Å². The number of thiocarbonyl (C=S) groups is 1. The van der Waals surface area contributed by atoms with Crippen LogP contribution in [-0.4, -0.2) is 54.6 Å². The van der Waals surface area contributed by atoms with E-state index in [4.69, 9.17) is 18.0 Å². The van der Waals surface area contributed by atoms with E-state index in [1.165, 1.54) is 18.4 Å². The summed E-state index contributed by atoms with van der Waals surface area (Å²) in [5, 5.41) is 0. The predicted molar refractivity (Wildman–Crippen MR) is 89.1 cm³/mol. The molecule has 0 aliphatic carbocycles. The molecule has 3 nitrogen and oxygen atoms in total. The molecule has 1 aromatic rings. The first-order valence-electron chi connectivity index (χ1n) is 7.31. The van der Waals surface area contributed by atoms with Crippen LogP contribution in [-0.2, 0) is 0 Å². The van der Waals surface area contributed by atoms with E-state index in [0.29, 0.717) is 11.0 Å². The maximum atomic E-state index is 5.97. The molecule has 1 saturated heterocycles. The van der Waals surface area contributed by atoms with E-state index in [1.54, 1.807) is 0 Å². The van der Waals surface area contributed by atoms with Gasteiger partial charge in [0.2, 0.25) is 0 Å². The molecule has 2 rings (SSSR count). The van der Waals surface area contributed by atoms with Crippen molar-refractivity contribution in [1.82, 2.24) is 9.80 Å². The Balaban J connectivity index is 2.03. The Morgan fingerprint density at radius 1 is 1.40 bits per heavy atom. The molecule has 0 amide bonds. The van der Waals surface area contributed by atoms with Gasteiger partial charge in [-0.15, -0.1) is 0 Å². The van der Waals surface area contributed by atoms with Gasteiger partial charge in [0.15, 0.2) is 0 Å². The minimum atomic E-state index is 0.159. The lowest BCUT2D eigenvalue weighted by Crippen LogP contribution is -2.47. The molecule has 20 heavy (non-hydrogen) atoms. The van der Waals surface area contributed by atoms with Crippen LogP contribution >= 0.6 is 12.2 Å². The summed E-state index contributed by atoms with van der Waals surface area (Å²) in [6, 6.07) is 11.0. The monoisotopic (exact) mass is 291 g/mol. The summed E-state index contributed by atoms with van der Waals surface area (Å²) in [6.07, 6.45) is 2.54. The van der Waals surface area contributed by atoms with Crippen LogP contribution < -0.4 is 5.73 Å². The van der Waals surface area contributed by atoms with E-state index in [0.717, 1.165) is 19.6 Å². The second kappa shape index (κ2) is 7.16. The largest absolute Gasteiger partial charge is 0.393 e. The van der Waals surface area contributed by atoms with Gasteiger partial charge in [-0.2, -0.15) is 0 Å². The Morgan fingerprint density at radius 2 is 2.10 bits per heavy atom. The summed E-state index contributed by atoms with van der Waals surface area (Å²) < 4.78 is 0. The fourth-order valence-corrected chi connectivity index (χ4v) is 3.13. The zero-order valence-electron chi connectivity index (χ0n) is 12.5. The lowest BCUT2D eigenvalue weighted by atomic mass is 9.96. The minimum Gasteiger partial charge on any atom is -0.393 e. The standard InChI is InChI=1S/C16H25N3S/c1-18(2)14-9-6-10-19(11-14)12-15(16(17)20)13-7-4-3-5-8-13/h3-5,7-8,14-15H,6,9-12H2,1-2H3,(H2,17,20). The van der Waals surface area contributed by atoms with Crippen molar-refractivity contribution in [2.75, 3.05) is 33.7 Å². The highest BCUT2D eigenvalue weighted by Crippen LogP contribution is 2.21. The van der Waals surface area contributed by atoms with E-state index in [9.17, 15) is 0 Å². The topological polar surface area (TPSA) is 32.5 Å². The number of piperidine rings is 1. The number of hydrogen-bond donors (Lipinski definition) is 1. The third kappa shape index (κ3) is 4.01. The lowest BCUT2D eigenvalue weighted by molar-refractivity contribution is 0.132. The smallest absolute Gasteiger partial charge is 0.0816 e. The lowest BCUT2D eigenvalue weighted by Gasteiger charge is -2.37. The van der Waals surface area contributed by atoms with Gasteiger partial charge in [0.1, 0.15) is 0 Å². The van der Waals surface area contributed by atoms with Gasteiger partial charge in [-0.25, -0.2) is 0 Å². The first kappa shape index (κ1) is 15.4. The predicted octanol–water partition coefficient (Wildman–Crippen LogP) is 2.08. The Hall–Kier alpha value is -0.970. The number of nitrogens with two attached hydrogens (primary N) is 1. The van der Waals surface area contributed by atoms with Crippen LogP contribution in [0.15, 0.2) is 30.3 Å². The first-order valence-corrected chi connectivity index (χ1v) is 7.72. The third-order valence-corrected chi connectivity index (χ3v) is 4.48. The molecule has 2 atom stereocenters. The average molecular weight is 291 g/mol. The Bertz CT molecular complexity index is 433. The summed E-state index contributed by atoms with van der Waals surface area (Å²) in [7, 11) is 4.33. The summed E-state index contributed by atoms with van der Waals surface area (Å²) in [4.78, 5) is 5.43. The van der Waals surface area contributed by atoms with Gasteiger partial charge in [-0.1, -0.05) is 42.5 Å². The molecule has 0 radical (unpaired) electrons. The molecule has 1 aromatic carbocycles. The normalized spacial score (nSPS) is 21.9. The van der Waals surface area contributed by atoms with Crippen LogP contribution in [0.2, 0.25) is 0 Å². The average Bonchev–Trinajstić information content (AvgIpc) is 2.45. The van der Waals surface area contributed by atoms with Crippen molar-refractivity contribution in [3.05, 3.63) is 35.9 Å². The fourth-order valence-electron chi connectivity index (χ4n) is 2.92. The Kier molecular flexibility index (Phi) is 5.52. The van der Waals surface area contributed by atoms with E-state index < -0.39 is 0 Å². The minimum absolute atomic E-state index is 0.159. The molecule has 4 heteroatoms. The van der Waals surface area contributed by atoms with Crippen molar-refractivity contribution in [3.8, 4) is 0 Å². The van der Waals surface area contributed by atoms with Crippen LogP contribution in [0.1, 0.15) is 24.3 Å². The molecular weight excluding hydrogens is 266 g/mol. The molecule has 0 saturated carbocycles. The molecule has 1 heterocycles. The van der Waals surface area contributed by atoms with Crippen molar-refractivity contribution in [3.63, 3.8) is 0 Å². The van der Waals surface area contributed by atoms with Gasteiger partial charge in [0, 0.05) is 25.0 Å². The van der Waals surface area contributed by atoms with Gasteiger partial charge < -0.3 is 15.5 Å². The summed E-state index contributed by atoms with van der Waals surface area (Å²) in [6.45, 7) is 3.19. The molecule has 0 spiro atoms. The number of likely N-dealkylation sites (tertiary alicyclic amines) is 1. The quantitative estimate of drug-likeness (QED) is 0.842. The van der Waals surface area contributed by atoms with Gasteiger partial charge in [-0.05, 0) is 39.0 Å². The second-order valence-electron chi connectivity index (χ2n) is 5.88. The highest BCUT2D eigenvalue weighted by molar-refractivity contribution is 7.80. The van der Waals surface area contributed by atoms with Crippen LogP contribution in [0.5, 0.6) is 0 Å². The van der Waals surface area contributed by atoms with Crippen molar-refractivity contribution in [1.29, 1.82) is 0 Å². The van der Waals surface area contributed by atoms with Crippen LogP contribution in [0.4, 0.5) is 0 Å². The second-order valence-corrected chi connectivity index (χ2v) is 6.36. The highest BCUT2D eigenvalue weighted by Gasteiger charge is 2.25. The van der Waals surface area contributed by atoms with Gasteiger partial charge in [-0.3, -0.25) is 0 Å². The molecule has 1 aliphatic heterocycles. The number of likely N-dealkylation sites (N-methyl/N-ethyl adjacent to an activating group) is 1. The summed E-state index contributed by atoms with van der Waals surface area (Å²) in [5.41, 5.74) is 7.20.